The summed E-state index contributed by atoms with van der Waals surface area (Å²) in [4.78, 5) is 12.4. The van der Waals surface area contributed by atoms with Gasteiger partial charge < -0.3 is 5.11 Å². The van der Waals surface area contributed by atoms with Crippen molar-refractivity contribution in [3.63, 3.8) is 0 Å². The summed E-state index contributed by atoms with van der Waals surface area (Å²) in [7, 11) is 0. The molecule has 0 radical (unpaired) electrons. The fraction of sp³-hybridized carbons (Fsp3) is 0.889. The van der Waals surface area contributed by atoms with Crippen LogP contribution in [0.4, 0.5) is 4.79 Å². The molecule has 0 aromatic heterocycles. The molecule has 0 aliphatic carbocycles. The number of amides is 1. The lowest BCUT2D eigenvalue weighted by Crippen LogP contribution is -2.55. The van der Waals surface area contributed by atoms with Crippen LogP contribution >= 0.6 is 0 Å². The van der Waals surface area contributed by atoms with Crippen molar-refractivity contribution in [2.24, 2.45) is 0 Å². The molecule has 0 aromatic carbocycles. The Bertz CT molecular complexity index is 160. The number of carboxylic acid groups (broad SMARTS) is 1. The Balaban J connectivity index is 4.82. The highest BCUT2D eigenvalue weighted by molar-refractivity contribution is 5.67. The molecule has 0 saturated heterocycles. The normalized spacial score (nSPS) is 12.8. The second-order valence-corrected chi connectivity index (χ2v) is 4.96. The van der Waals surface area contributed by atoms with Gasteiger partial charge in [0.1, 0.15) is 0 Å². The first-order valence-electron chi connectivity index (χ1n) is 4.10. The van der Waals surface area contributed by atoms with Gasteiger partial charge >= 0.3 is 6.09 Å². The first kappa shape index (κ1) is 11.3. The Morgan fingerprint density at radius 2 is 1.25 bits per heavy atom. The number of nitrogens with zero attached hydrogens (tertiary/aromatic N) is 1. The van der Waals surface area contributed by atoms with Crippen LogP contribution in [0.3, 0.4) is 0 Å². The van der Waals surface area contributed by atoms with Crippen LogP contribution in [-0.4, -0.2) is 27.2 Å². The van der Waals surface area contributed by atoms with Crippen LogP contribution < -0.4 is 0 Å². The van der Waals surface area contributed by atoms with Gasteiger partial charge in [0.25, 0.3) is 0 Å². The van der Waals surface area contributed by atoms with E-state index in [9.17, 15) is 4.79 Å². The number of hydrogen-bond acceptors (Lipinski definition) is 1. The fourth-order valence-electron chi connectivity index (χ4n) is 1.58. The number of hydrogen-bond donors (Lipinski definition) is 1. The van der Waals surface area contributed by atoms with Gasteiger partial charge in [-0.2, -0.15) is 0 Å². The minimum atomic E-state index is -0.866. The van der Waals surface area contributed by atoms with Crippen molar-refractivity contribution in [2.75, 3.05) is 0 Å². The van der Waals surface area contributed by atoms with E-state index in [1.807, 2.05) is 41.5 Å². The summed E-state index contributed by atoms with van der Waals surface area (Å²) in [6.45, 7) is 11.4. The molecule has 0 heterocycles. The van der Waals surface area contributed by atoms with Gasteiger partial charge in [-0.1, -0.05) is 0 Å². The molecule has 0 bridgehead atoms. The number of carbonyl (C=O) groups is 1. The van der Waals surface area contributed by atoms with E-state index < -0.39 is 6.09 Å². The van der Waals surface area contributed by atoms with Crippen LogP contribution in [0.15, 0.2) is 0 Å². The third kappa shape index (κ3) is 2.72. The Morgan fingerprint density at radius 3 is 1.25 bits per heavy atom. The zero-order valence-corrected chi connectivity index (χ0v) is 8.80. The summed E-state index contributed by atoms with van der Waals surface area (Å²) in [5.41, 5.74) is -0.686. The van der Waals surface area contributed by atoms with E-state index in [-0.39, 0.29) is 11.1 Å². The molecule has 1 N–H and O–H groups in total. The smallest absolute Gasteiger partial charge is 0.408 e. The average Bonchev–Trinajstić information content (AvgIpc) is 1.49. The summed E-state index contributed by atoms with van der Waals surface area (Å²) in [6.07, 6.45) is -0.866. The molecule has 0 unspecified atom stereocenters. The lowest BCUT2D eigenvalue weighted by molar-refractivity contribution is 0.0420. The quantitative estimate of drug-likeness (QED) is 0.611. The minimum Gasteiger partial charge on any atom is -0.465 e. The molecule has 12 heavy (non-hydrogen) atoms. The van der Waals surface area contributed by atoms with Crippen molar-refractivity contribution in [1.82, 2.24) is 4.90 Å². The van der Waals surface area contributed by atoms with Crippen molar-refractivity contribution in [3.8, 4) is 0 Å². The standard InChI is InChI=1S/C9H19NO2/c1-8(2,3)10(7(11)12)9(4,5)6/h1-6H3,(H,11,12). The maximum absolute atomic E-state index is 10.9. The average molecular weight is 173 g/mol. The van der Waals surface area contributed by atoms with Crippen molar-refractivity contribution in [2.45, 2.75) is 52.6 Å². The van der Waals surface area contributed by atoms with E-state index in [4.69, 9.17) is 5.11 Å². The van der Waals surface area contributed by atoms with E-state index >= 15 is 0 Å². The van der Waals surface area contributed by atoms with Crippen LogP contribution in [0.5, 0.6) is 0 Å². The maximum Gasteiger partial charge on any atom is 0.408 e. The molecule has 3 heteroatoms. The molecule has 0 aromatic rings. The van der Waals surface area contributed by atoms with Gasteiger partial charge in [0.05, 0.1) is 0 Å². The van der Waals surface area contributed by atoms with Gasteiger partial charge in [-0.3, -0.25) is 4.90 Å². The highest BCUT2D eigenvalue weighted by Gasteiger charge is 2.35. The zero-order valence-electron chi connectivity index (χ0n) is 8.80. The summed E-state index contributed by atoms with van der Waals surface area (Å²) in [5, 5.41) is 8.97. The minimum absolute atomic E-state index is 0.343. The molecule has 0 atom stereocenters. The topological polar surface area (TPSA) is 40.5 Å². The largest absolute Gasteiger partial charge is 0.465 e. The molecule has 72 valence electrons. The van der Waals surface area contributed by atoms with Gasteiger partial charge in [-0.05, 0) is 41.5 Å². The summed E-state index contributed by atoms with van der Waals surface area (Å²) in [6, 6.07) is 0. The van der Waals surface area contributed by atoms with E-state index in [1.54, 1.807) is 0 Å². The van der Waals surface area contributed by atoms with Crippen LogP contribution in [-0.2, 0) is 0 Å². The van der Waals surface area contributed by atoms with Gasteiger partial charge in [-0.15, -0.1) is 0 Å². The first-order chi connectivity index (χ1) is 5.07. The SMILES string of the molecule is CC(C)(C)N(C(=O)O)C(C)(C)C. The van der Waals surface area contributed by atoms with Crippen molar-refractivity contribution < 1.29 is 9.90 Å². The van der Waals surface area contributed by atoms with Crippen molar-refractivity contribution in [1.29, 1.82) is 0 Å². The van der Waals surface area contributed by atoms with Crippen molar-refractivity contribution >= 4 is 6.09 Å². The molecule has 0 saturated carbocycles. The molecule has 1 amide bonds. The van der Waals surface area contributed by atoms with Gasteiger partial charge in [-0.25, -0.2) is 4.79 Å². The Hall–Kier alpha value is -0.730. The first-order valence-corrected chi connectivity index (χ1v) is 4.10. The second kappa shape index (κ2) is 2.96. The highest BCUT2D eigenvalue weighted by atomic mass is 16.4. The molecular weight excluding hydrogens is 154 g/mol. The molecular formula is C9H19NO2. The summed E-state index contributed by atoms with van der Waals surface area (Å²) < 4.78 is 0. The molecule has 3 nitrogen and oxygen atoms in total. The lowest BCUT2D eigenvalue weighted by Gasteiger charge is -2.43. The predicted octanol–water partition coefficient (Wildman–Crippen LogP) is 2.56. The van der Waals surface area contributed by atoms with E-state index in [1.165, 1.54) is 4.90 Å². The third-order valence-corrected chi connectivity index (χ3v) is 1.53. The van der Waals surface area contributed by atoms with E-state index in [0.717, 1.165) is 0 Å². The second-order valence-electron chi connectivity index (χ2n) is 4.96. The molecule has 0 fully saturated rings. The van der Waals surface area contributed by atoms with Crippen LogP contribution in [0.1, 0.15) is 41.5 Å². The molecule has 0 spiro atoms. The van der Waals surface area contributed by atoms with Crippen molar-refractivity contribution in [3.05, 3.63) is 0 Å². The fourth-order valence-corrected chi connectivity index (χ4v) is 1.58. The van der Waals surface area contributed by atoms with E-state index in [0.29, 0.717) is 0 Å². The number of rotatable bonds is 0. The van der Waals surface area contributed by atoms with Crippen LogP contribution in [0.25, 0.3) is 0 Å². The Kier molecular flexibility index (Phi) is 2.78. The molecule has 0 aliphatic heterocycles. The van der Waals surface area contributed by atoms with Gasteiger partial charge in [0.2, 0.25) is 0 Å². The van der Waals surface area contributed by atoms with Gasteiger partial charge in [0.15, 0.2) is 0 Å². The molecule has 0 rings (SSSR count). The third-order valence-electron chi connectivity index (χ3n) is 1.53. The van der Waals surface area contributed by atoms with Gasteiger partial charge in [0, 0.05) is 11.1 Å². The predicted molar refractivity (Wildman–Crippen MR) is 49.4 cm³/mol. The zero-order chi connectivity index (χ0) is 10.2. The maximum atomic E-state index is 10.9. The van der Waals surface area contributed by atoms with Crippen LogP contribution in [0, 0.1) is 0 Å². The van der Waals surface area contributed by atoms with Crippen LogP contribution in [0.2, 0.25) is 0 Å². The highest BCUT2D eigenvalue weighted by Crippen LogP contribution is 2.24. The monoisotopic (exact) mass is 173 g/mol. The lowest BCUT2D eigenvalue weighted by atomic mass is 9.97. The van der Waals surface area contributed by atoms with E-state index in [2.05, 4.69) is 0 Å². The Morgan fingerprint density at radius 1 is 1.00 bits per heavy atom. The summed E-state index contributed by atoms with van der Waals surface area (Å²) in [5.74, 6) is 0. The molecule has 0 aliphatic rings. The summed E-state index contributed by atoms with van der Waals surface area (Å²) >= 11 is 0. The Labute approximate surface area is 74.4 Å².